The minimum atomic E-state index is -5.00. The summed E-state index contributed by atoms with van der Waals surface area (Å²) in [6.07, 6.45) is -5.00. The van der Waals surface area contributed by atoms with Crippen LogP contribution in [0.25, 0.3) is 27.7 Å². The Kier molecular flexibility index (Phi) is 5.09. The molecular formula is C16H11F3N3OZn-. The minimum Gasteiger partial charge on any atom is -0.619 e. The Morgan fingerprint density at radius 3 is 2.38 bits per heavy atom. The summed E-state index contributed by atoms with van der Waals surface area (Å²) in [7, 11) is 1.76. The maximum atomic E-state index is 12.5. The standard InChI is InChI=1S/C16H12F3N3O.Zn/c1-22-13-9-5-4-8-12(13)20-14(22)10-6-2-3-7-11(10)21-15(23)16(17,18)19;/h2-9H,1H3,(H,20,21,23);/p-1. The third-order valence-corrected chi connectivity index (χ3v) is 3.40. The molecule has 2 aromatic carbocycles. The van der Waals surface area contributed by atoms with Crippen molar-refractivity contribution in [1.82, 2.24) is 9.55 Å². The van der Waals surface area contributed by atoms with E-state index in [1.807, 2.05) is 18.2 Å². The molecule has 0 aliphatic carbocycles. The summed E-state index contributed by atoms with van der Waals surface area (Å²) in [5.41, 5.74) is 1.85. The van der Waals surface area contributed by atoms with E-state index in [4.69, 9.17) is 0 Å². The number of aromatic nitrogens is 2. The van der Waals surface area contributed by atoms with Gasteiger partial charge >= 0.3 is 6.18 Å². The number of hydrogen-bond acceptors (Lipinski definition) is 2. The van der Waals surface area contributed by atoms with Crippen molar-refractivity contribution in [3.05, 3.63) is 53.8 Å². The van der Waals surface area contributed by atoms with Crippen molar-refractivity contribution < 1.29 is 37.4 Å². The molecule has 0 radical (unpaired) electrons. The fourth-order valence-corrected chi connectivity index (χ4v) is 2.32. The maximum Gasteiger partial charge on any atom is 0.432 e. The number of aryl methyl sites for hydroxylation is 1. The molecule has 24 heavy (non-hydrogen) atoms. The molecule has 0 unspecified atom stereocenters. The van der Waals surface area contributed by atoms with Crippen molar-refractivity contribution in [2.75, 3.05) is 0 Å². The van der Waals surface area contributed by atoms with Gasteiger partial charge in [-0.1, -0.05) is 36.4 Å². The van der Waals surface area contributed by atoms with Crippen LogP contribution in [-0.2, 0) is 31.3 Å². The Hall–Kier alpha value is -2.21. The van der Waals surface area contributed by atoms with Crippen LogP contribution in [0.3, 0.4) is 0 Å². The third-order valence-electron chi connectivity index (χ3n) is 3.40. The summed E-state index contributed by atoms with van der Waals surface area (Å²) in [5.74, 6) is -1.69. The molecule has 1 amide bonds. The van der Waals surface area contributed by atoms with Crippen LogP contribution in [0, 0.1) is 0 Å². The molecule has 120 valence electrons. The molecule has 0 bridgehead atoms. The van der Waals surface area contributed by atoms with E-state index < -0.39 is 12.1 Å². The number of nitrogens with zero attached hydrogens (tertiary/aromatic N) is 3. The number of carbonyl (C=O) groups is 1. The first-order valence-electron chi connectivity index (χ1n) is 6.71. The fraction of sp³-hybridized carbons (Fsp3) is 0.125. The largest absolute Gasteiger partial charge is 0.619 e. The molecule has 1 heterocycles. The molecule has 0 aliphatic heterocycles. The monoisotopic (exact) mass is 382 g/mol. The maximum absolute atomic E-state index is 12.5. The topological polar surface area (TPSA) is 49.0 Å². The molecule has 0 saturated carbocycles. The minimum absolute atomic E-state index is 0. The molecule has 4 nitrogen and oxygen atoms in total. The van der Waals surface area contributed by atoms with Crippen LogP contribution in [0.2, 0.25) is 0 Å². The van der Waals surface area contributed by atoms with E-state index in [2.05, 4.69) is 10.3 Å². The summed E-state index contributed by atoms with van der Waals surface area (Å²) < 4.78 is 39.1. The molecule has 1 aromatic heterocycles. The average molecular weight is 384 g/mol. The zero-order valence-electron chi connectivity index (χ0n) is 12.7. The van der Waals surface area contributed by atoms with Gasteiger partial charge in [-0.15, -0.1) is 5.69 Å². The molecule has 0 N–H and O–H groups in total. The van der Waals surface area contributed by atoms with E-state index in [1.165, 1.54) is 12.1 Å². The van der Waals surface area contributed by atoms with Crippen molar-refractivity contribution in [1.29, 1.82) is 0 Å². The Labute approximate surface area is 148 Å². The van der Waals surface area contributed by atoms with Crippen LogP contribution in [0.1, 0.15) is 0 Å². The molecule has 0 fully saturated rings. The van der Waals surface area contributed by atoms with Crippen LogP contribution >= 0.6 is 0 Å². The molecule has 0 aliphatic rings. The van der Waals surface area contributed by atoms with Gasteiger partial charge in [-0.2, -0.15) is 13.2 Å². The van der Waals surface area contributed by atoms with E-state index in [0.29, 0.717) is 16.9 Å². The molecule has 0 saturated heterocycles. The Morgan fingerprint density at radius 2 is 1.71 bits per heavy atom. The van der Waals surface area contributed by atoms with Crippen molar-refractivity contribution in [3.63, 3.8) is 0 Å². The van der Waals surface area contributed by atoms with Gasteiger partial charge in [0.2, 0.25) is 0 Å². The first-order chi connectivity index (χ1) is 10.9. The van der Waals surface area contributed by atoms with Gasteiger partial charge in [-0.3, -0.25) is 0 Å². The molecule has 0 atom stereocenters. The Bertz CT molecular complexity index is 890. The molecule has 3 aromatic rings. The van der Waals surface area contributed by atoms with Gasteiger partial charge in [-0.25, -0.2) is 4.98 Å². The zero-order valence-corrected chi connectivity index (χ0v) is 15.7. The SMILES string of the molecule is Cn1c(-c2ccccc2[N-]C(=O)C(F)(F)F)nc2ccccc21.[Zn]. The summed E-state index contributed by atoms with van der Waals surface area (Å²) in [5, 5.41) is 3.20. The number of hydrogen-bond donors (Lipinski definition) is 0. The number of halogens is 3. The smallest absolute Gasteiger partial charge is 0.432 e. The number of amides is 1. The fourth-order valence-electron chi connectivity index (χ4n) is 2.32. The molecule has 3 rings (SSSR count). The summed E-state index contributed by atoms with van der Waals surface area (Å²) in [4.78, 5) is 15.6. The van der Waals surface area contributed by atoms with Crippen molar-refractivity contribution in [2.24, 2.45) is 7.05 Å². The van der Waals surface area contributed by atoms with Crippen LogP contribution in [-0.4, -0.2) is 21.6 Å². The second-order valence-electron chi connectivity index (χ2n) is 4.92. The zero-order chi connectivity index (χ0) is 16.6. The number of benzene rings is 2. The number of imidazole rings is 1. The molecular weight excluding hydrogens is 373 g/mol. The first kappa shape index (κ1) is 18.1. The number of rotatable bonds is 2. The van der Waals surface area contributed by atoms with E-state index in [-0.39, 0.29) is 25.2 Å². The Morgan fingerprint density at radius 1 is 1.08 bits per heavy atom. The second-order valence-corrected chi connectivity index (χ2v) is 4.92. The van der Waals surface area contributed by atoms with Crippen LogP contribution in [0.5, 0.6) is 0 Å². The van der Waals surface area contributed by atoms with Gasteiger partial charge < -0.3 is 14.7 Å². The summed E-state index contributed by atoms with van der Waals surface area (Å²) in [6.45, 7) is 0. The van der Waals surface area contributed by atoms with Crippen molar-refractivity contribution in [2.45, 2.75) is 6.18 Å². The van der Waals surface area contributed by atoms with E-state index >= 15 is 0 Å². The van der Waals surface area contributed by atoms with E-state index in [0.717, 1.165) is 5.52 Å². The third kappa shape index (κ3) is 3.33. The Balaban J connectivity index is 0.00000208. The normalized spacial score (nSPS) is 11.2. The number of para-hydroxylation sites is 3. The second kappa shape index (κ2) is 6.73. The summed E-state index contributed by atoms with van der Waals surface area (Å²) >= 11 is 0. The number of alkyl halides is 3. The van der Waals surface area contributed by atoms with Gasteiger partial charge in [0.25, 0.3) is 0 Å². The number of carbonyl (C=O) groups excluding carboxylic acids is 1. The average Bonchev–Trinajstić information content (AvgIpc) is 2.84. The summed E-state index contributed by atoms with van der Waals surface area (Å²) in [6, 6.07) is 13.5. The first-order valence-corrected chi connectivity index (χ1v) is 6.71. The quantitative estimate of drug-likeness (QED) is 0.618. The number of fused-ring (bicyclic) bond motifs is 1. The van der Waals surface area contributed by atoms with Gasteiger partial charge in [0.15, 0.2) is 5.91 Å². The van der Waals surface area contributed by atoms with Crippen LogP contribution in [0.15, 0.2) is 48.5 Å². The van der Waals surface area contributed by atoms with Gasteiger partial charge in [0.1, 0.15) is 5.82 Å². The van der Waals surface area contributed by atoms with Crippen molar-refractivity contribution in [3.8, 4) is 11.4 Å². The predicted octanol–water partition coefficient (Wildman–Crippen LogP) is 4.33. The van der Waals surface area contributed by atoms with E-state index in [9.17, 15) is 18.0 Å². The van der Waals surface area contributed by atoms with Gasteiger partial charge in [-0.05, 0) is 12.1 Å². The van der Waals surface area contributed by atoms with Crippen LogP contribution in [0.4, 0.5) is 18.9 Å². The van der Waals surface area contributed by atoms with Crippen LogP contribution < -0.4 is 0 Å². The van der Waals surface area contributed by atoms with Gasteiger partial charge in [0.05, 0.1) is 11.0 Å². The predicted molar refractivity (Wildman–Crippen MR) is 80.2 cm³/mol. The molecule has 8 heteroatoms. The molecule has 0 spiro atoms. The van der Waals surface area contributed by atoms with Crippen molar-refractivity contribution >= 4 is 22.6 Å². The van der Waals surface area contributed by atoms with Gasteiger partial charge in [0, 0.05) is 32.1 Å². The van der Waals surface area contributed by atoms with E-state index in [1.54, 1.807) is 29.8 Å².